The Kier molecular flexibility index (Phi) is 8.13. The number of anilines is 2. The number of hydrogen-bond donors (Lipinski definition) is 3. The van der Waals surface area contributed by atoms with E-state index in [1.54, 1.807) is 67.5 Å². The van der Waals surface area contributed by atoms with Crippen molar-refractivity contribution in [2.45, 2.75) is 32.7 Å². The molecule has 0 saturated carbocycles. The summed E-state index contributed by atoms with van der Waals surface area (Å²) in [5.74, 6) is 0.172. The number of nitrogens with one attached hydrogen (secondary N) is 3. The number of allylic oxidation sites excluding steroid dienone is 1. The van der Waals surface area contributed by atoms with E-state index >= 15 is 0 Å². The van der Waals surface area contributed by atoms with E-state index < -0.39 is 18.0 Å². The largest absolute Gasteiger partial charge is 0.497 e. The predicted octanol–water partition coefficient (Wildman–Crippen LogP) is 4.65. The molecule has 0 bridgehead atoms. The first-order valence-corrected chi connectivity index (χ1v) is 11.1. The molecule has 0 spiro atoms. The molecule has 34 heavy (non-hydrogen) atoms. The minimum atomic E-state index is -0.704. The number of benzene rings is 2. The molecule has 9 nitrogen and oxygen atoms in total. The summed E-state index contributed by atoms with van der Waals surface area (Å²) in [6.07, 6.45) is 1.73. The molecule has 0 fully saturated rings. The van der Waals surface area contributed by atoms with Gasteiger partial charge in [-0.1, -0.05) is 25.5 Å². The third-order valence-corrected chi connectivity index (χ3v) is 5.56. The highest BCUT2D eigenvalue weighted by Crippen LogP contribution is 2.32. The molecule has 1 heterocycles. The van der Waals surface area contributed by atoms with Crippen LogP contribution in [0.3, 0.4) is 0 Å². The zero-order valence-electron chi connectivity index (χ0n) is 19.8. The normalized spacial score (nSPS) is 15.5. The summed E-state index contributed by atoms with van der Waals surface area (Å²) in [7, 11) is 2.88. The summed E-state index contributed by atoms with van der Waals surface area (Å²) in [6.45, 7) is 4.29. The molecule has 1 atom stereocenters. The summed E-state index contributed by atoms with van der Waals surface area (Å²) in [4.78, 5) is 39.5. The lowest BCUT2D eigenvalue weighted by Gasteiger charge is -2.35. The van der Waals surface area contributed by atoms with E-state index in [9.17, 15) is 14.4 Å². The molecular formula is C25H30N4O5. The van der Waals surface area contributed by atoms with Gasteiger partial charge in [-0.2, -0.15) is 0 Å². The van der Waals surface area contributed by atoms with Gasteiger partial charge in [0.2, 0.25) is 0 Å². The van der Waals surface area contributed by atoms with Crippen LogP contribution in [0.25, 0.3) is 0 Å². The molecule has 1 aliphatic rings. The average Bonchev–Trinajstić information content (AvgIpc) is 2.83. The zero-order chi connectivity index (χ0) is 24.7. The lowest BCUT2D eigenvalue weighted by molar-refractivity contribution is -0.136. The minimum Gasteiger partial charge on any atom is -0.497 e. The molecule has 2 aromatic carbocycles. The third-order valence-electron chi connectivity index (χ3n) is 5.56. The molecule has 180 valence electrons. The van der Waals surface area contributed by atoms with Crippen LogP contribution in [0.15, 0.2) is 59.8 Å². The van der Waals surface area contributed by atoms with Crippen LogP contribution in [0.2, 0.25) is 0 Å². The highest BCUT2D eigenvalue weighted by Gasteiger charge is 2.36. The Balaban J connectivity index is 1.82. The Morgan fingerprint density at radius 3 is 2.41 bits per heavy atom. The molecule has 0 saturated heterocycles. The van der Waals surface area contributed by atoms with E-state index in [4.69, 9.17) is 9.47 Å². The van der Waals surface area contributed by atoms with Crippen molar-refractivity contribution in [1.29, 1.82) is 0 Å². The zero-order valence-corrected chi connectivity index (χ0v) is 19.8. The lowest BCUT2D eigenvalue weighted by Crippen LogP contribution is -2.48. The van der Waals surface area contributed by atoms with Crippen molar-refractivity contribution < 1.29 is 23.9 Å². The predicted molar refractivity (Wildman–Crippen MR) is 130 cm³/mol. The van der Waals surface area contributed by atoms with E-state index in [1.165, 1.54) is 7.11 Å². The van der Waals surface area contributed by atoms with Crippen LogP contribution in [-0.4, -0.2) is 43.7 Å². The smallest absolute Gasteiger partial charge is 0.337 e. The van der Waals surface area contributed by atoms with Gasteiger partial charge in [0.05, 0.1) is 25.8 Å². The van der Waals surface area contributed by atoms with Gasteiger partial charge in [0.25, 0.3) is 0 Å². The number of hydrogen-bond acceptors (Lipinski definition) is 5. The second kappa shape index (κ2) is 11.2. The number of nitrogens with zero attached hydrogens (tertiary/aromatic N) is 1. The van der Waals surface area contributed by atoms with Crippen LogP contribution in [0.4, 0.5) is 21.0 Å². The molecule has 3 rings (SSSR count). The van der Waals surface area contributed by atoms with Crippen LogP contribution in [-0.2, 0) is 9.53 Å². The standard InChI is InChI=1S/C25H30N4O5/c1-5-6-14-29-16(2)21(23(30)34-4)22(28-25(29)32)17-8-7-9-19(15-17)27-24(31)26-18-10-12-20(33-3)13-11-18/h7-13,15,22H,5-6,14H2,1-4H3,(H,28,32)(H2,26,27,31). The molecule has 4 amide bonds. The van der Waals surface area contributed by atoms with Gasteiger partial charge in [0, 0.05) is 23.6 Å². The topological polar surface area (TPSA) is 109 Å². The van der Waals surface area contributed by atoms with Crippen molar-refractivity contribution >= 4 is 29.4 Å². The second-order valence-electron chi connectivity index (χ2n) is 7.81. The quantitative estimate of drug-likeness (QED) is 0.491. The number of methoxy groups -OCH3 is 2. The number of ether oxygens (including phenoxy) is 2. The van der Waals surface area contributed by atoms with Gasteiger partial charge in [0.1, 0.15) is 5.75 Å². The summed E-state index contributed by atoms with van der Waals surface area (Å²) >= 11 is 0. The number of esters is 1. The van der Waals surface area contributed by atoms with E-state index in [1.807, 2.05) is 6.92 Å². The number of carbonyl (C=O) groups is 3. The first-order chi connectivity index (χ1) is 16.4. The number of amides is 4. The van der Waals surface area contributed by atoms with Gasteiger partial charge >= 0.3 is 18.0 Å². The number of urea groups is 2. The Labute approximate surface area is 199 Å². The maximum Gasteiger partial charge on any atom is 0.337 e. The SMILES string of the molecule is CCCCN1C(=O)NC(c2cccc(NC(=O)Nc3ccc(OC)cc3)c2)C(C(=O)OC)=C1C. The van der Waals surface area contributed by atoms with Crippen LogP contribution in [0.1, 0.15) is 38.3 Å². The highest BCUT2D eigenvalue weighted by atomic mass is 16.5. The Bertz CT molecular complexity index is 1080. The van der Waals surface area contributed by atoms with Crippen LogP contribution < -0.4 is 20.7 Å². The van der Waals surface area contributed by atoms with E-state index in [0.29, 0.717) is 40.5 Å². The van der Waals surface area contributed by atoms with Crippen LogP contribution in [0.5, 0.6) is 5.75 Å². The number of unbranched alkanes of at least 4 members (excludes halogenated alkanes) is 1. The van der Waals surface area contributed by atoms with Crippen molar-refractivity contribution in [3.8, 4) is 5.75 Å². The Hall–Kier alpha value is -4.01. The fourth-order valence-corrected chi connectivity index (χ4v) is 3.75. The first kappa shape index (κ1) is 24.6. The summed E-state index contributed by atoms with van der Waals surface area (Å²) in [6, 6.07) is 12.5. The first-order valence-electron chi connectivity index (χ1n) is 11.1. The average molecular weight is 467 g/mol. The van der Waals surface area contributed by atoms with E-state index in [0.717, 1.165) is 12.8 Å². The maximum atomic E-state index is 12.8. The van der Waals surface area contributed by atoms with Crippen LogP contribution >= 0.6 is 0 Å². The van der Waals surface area contributed by atoms with Crippen molar-refractivity contribution in [2.24, 2.45) is 0 Å². The molecule has 1 aliphatic heterocycles. The Morgan fingerprint density at radius 1 is 1.06 bits per heavy atom. The molecule has 2 aromatic rings. The van der Waals surface area contributed by atoms with Gasteiger partial charge in [0.15, 0.2) is 0 Å². The van der Waals surface area contributed by atoms with Gasteiger partial charge in [-0.15, -0.1) is 0 Å². The fourth-order valence-electron chi connectivity index (χ4n) is 3.75. The molecule has 1 unspecified atom stereocenters. The monoisotopic (exact) mass is 466 g/mol. The fraction of sp³-hybridized carbons (Fsp3) is 0.320. The van der Waals surface area contributed by atoms with Crippen molar-refractivity contribution in [2.75, 3.05) is 31.4 Å². The molecular weight excluding hydrogens is 436 g/mol. The van der Waals surface area contributed by atoms with E-state index in [2.05, 4.69) is 16.0 Å². The number of carbonyl (C=O) groups excluding carboxylic acids is 3. The van der Waals surface area contributed by atoms with Crippen LogP contribution in [0, 0.1) is 0 Å². The summed E-state index contributed by atoms with van der Waals surface area (Å²) < 4.78 is 10.1. The minimum absolute atomic E-state index is 0.279. The van der Waals surface area contributed by atoms with Gasteiger partial charge < -0.3 is 25.4 Å². The third kappa shape index (κ3) is 5.67. The van der Waals surface area contributed by atoms with Gasteiger partial charge in [-0.05, 0) is 55.3 Å². The Morgan fingerprint density at radius 2 is 1.76 bits per heavy atom. The van der Waals surface area contributed by atoms with Crippen molar-refractivity contribution in [3.63, 3.8) is 0 Å². The highest BCUT2D eigenvalue weighted by molar-refractivity contribution is 6.00. The van der Waals surface area contributed by atoms with Crippen molar-refractivity contribution in [3.05, 3.63) is 65.4 Å². The van der Waals surface area contributed by atoms with Gasteiger partial charge in [-0.25, -0.2) is 14.4 Å². The maximum absolute atomic E-state index is 12.8. The summed E-state index contributed by atoms with van der Waals surface area (Å²) in [5.41, 5.74) is 2.67. The molecule has 0 aromatic heterocycles. The molecule has 0 radical (unpaired) electrons. The summed E-state index contributed by atoms with van der Waals surface area (Å²) in [5, 5.41) is 8.44. The number of rotatable bonds is 8. The molecule has 0 aliphatic carbocycles. The van der Waals surface area contributed by atoms with E-state index in [-0.39, 0.29) is 6.03 Å². The molecule has 9 heteroatoms. The molecule has 3 N–H and O–H groups in total. The van der Waals surface area contributed by atoms with Gasteiger partial charge in [-0.3, -0.25) is 4.90 Å². The second-order valence-corrected chi connectivity index (χ2v) is 7.81. The lowest BCUT2D eigenvalue weighted by atomic mass is 9.94. The van der Waals surface area contributed by atoms with Crippen molar-refractivity contribution in [1.82, 2.24) is 10.2 Å².